The van der Waals surface area contributed by atoms with Gasteiger partial charge in [-0.2, -0.15) is 0 Å². The summed E-state index contributed by atoms with van der Waals surface area (Å²) in [5.41, 5.74) is 10.3. The highest BCUT2D eigenvalue weighted by Gasteiger charge is 2.21. The van der Waals surface area contributed by atoms with Crippen molar-refractivity contribution < 1.29 is 19.2 Å². The van der Waals surface area contributed by atoms with Gasteiger partial charge >= 0.3 is 0 Å². The Morgan fingerprint density at radius 1 is 0.700 bits per heavy atom. The fourth-order valence-corrected chi connectivity index (χ4v) is 2.14. The number of nitrogens with two attached hydrogens (primary N) is 2. The molecule has 0 saturated carbocycles. The van der Waals surface area contributed by atoms with E-state index in [9.17, 15) is 19.2 Å². The average Bonchev–Trinajstić information content (AvgIpc) is 2.30. The standard InChI is InChI=1S/C14H24N2O4/c1-9(17)11(13(15)19)7-5-3-4-6-8-12(10(2)18)14(16)20/h11-12H,3-8H2,1-2H3,(H2,15,19)(H2,16,20). The summed E-state index contributed by atoms with van der Waals surface area (Å²) in [6.45, 7) is 2.72. The number of primary amides is 2. The molecule has 0 radical (unpaired) electrons. The van der Waals surface area contributed by atoms with E-state index in [2.05, 4.69) is 0 Å². The summed E-state index contributed by atoms with van der Waals surface area (Å²) >= 11 is 0. The van der Waals surface area contributed by atoms with Gasteiger partial charge in [0.05, 0.1) is 11.8 Å². The molecule has 0 saturated heterocycles. The number of rotatable bonds is 11. The normalized spacial score (nSPS) is 13.5. The van der Waals surface area contributed by atoms with Gasteiger partial charge in [-0.15, -0.1) is 0 Å². The Bertz CT molecular complexity index is 315. The molecular formula is C14H24N2O4. The molecule has 0 aliphatic rings. The van der Waals surface area contributed by atoms with E-state index in [0.717, 1.165) is 12.8 Å². The Morgan fingerprint density at radius 3 is 1.20 bits per heavy atom. The first-order valence-electron chi connectivity index (χ1n) is 6.87. The van der Waals surface area contributed by atoms with E-state index < -0.39 is 23.7 Å². The number of hydrogen-bond donors (Lipinski definition) is 2. The van der Waals surface area contributed by atoms with Gasteiger partial charge in [-0.05, 0) is 26.7 Å². The number of amides is 2. The zero-order valence-electron chi connectivity index (χ0n) is 12.2. The fourth-order valence-electron chi connectivity index (χ4n) is 2.14. The van der Waals surface area contributed by atoms with Gasteiger partial charge in [0.1, 0.15) is 11.6 Å². The van der Waals surface area contributed by atoms with E-state index in [1.165, 1.54) is 13.8 Å². The number of hydrogen-bond acceptors (Lipinski definition) is 4. The van der Waals surface area contributed by atoms with Gasteiger partial charge in [0.25, 0.3) is 0 Å². The molecule has 0 rings (SSSR count). The smallest absolute Gasteiger partial charge is 0.227 e. The van der Waals surface area contributed by atoms with Crippen LogP contribution in [0, 0.1) is 11.8 Å². The molecule has 2 unspecified atom stereocenters. The topological polar surface area (TPSA) is 120 Å². The van der Waals surface area contributed by atoms with Gasteiger partial charge in [0.15, 0.2) is 0 Å². The summed E-state index contributed by atoms with van der Waals surface area (Å²) in [5, 5.41) is 0. The lowest BCUT2D eigenvalue weighted by atomic mass is 9.94. The molecule has 0 heterocycles. The first kappa shape index (κ1) is 18.3. The number of carbonyl (C=O) groups excluding carboxylic acids is 4. The molecule has 0 spiro atoms. The minimum absolute atomic E-state index is 0.206. The van der Waals surface area contributed by atoms with E-state index >= 15 is 0 Å². The third-order valence-electron chi connectivity index (χ3n) is 3.40. The second kappa shape index (κ2) is 9.23. The van der Waals surface area contributed by atoms with Crippen molar-refractivity contribution in [2.75, 3.05) is 0 Å². The van der Waals surface area contributed by atoms with Crippen molar-refractivity contribution in [2.24, 2.45) is 23.3 Å². The van der Waals surface area contributed by atoms with E-state index in [1.807, 2.05) is 0 Å². The molecule has 2 atom stereocenters. The number of Topliss-reactive ketones (excluding diaryl/α,β-unsaturated/α-hetero) is 2. The Morgan fingerprint density at radius 2 is 1.00 bits per heavy atom. The maximum Gasteiger partial charge on any atom is 0.227 e. The van der Waals surface area contributed by atoms with Crippen LogP contribution >= 0.6 is 0 Å². The Labute approximate surface area is 119 Å². The fraction of sp³-hybridized carbons (Fsp3) is 0.714. The van der Waals surface area contributed by atoms with Gasteiger partial charge in [-0.3, -0.25) is 19.2 Å². The van der Waals surface area contributed by atoms with E-state index in [0.29, 0.717) is 25.7 Å². The van der Waals surface area contributed by atoms with Crippen LogP contribution in [0.5, 0.6) is 0 Å². The van der Waals surface area contributed by atoms with Crippen LogP contribution in [0.4, 0.5) is 0 Å². The minimum atomic E-state index is -0.703. The van der Waals surface area contributed by atoms with Crippen LogP contribution in [0.2, 0.25) is 0 Å². The molecule has 0 aromatic heterocycles. The van der Waals surface area contributed by atoms with Crippen molar-refractivity contribution in [1.82, 2.24) is 0 Å². The predicted octanol–water partition coefficient (Wildman–Crippen LogP) is 0.708. The second-order valence-corrected chi connectivity index (χ2v) is 5.12. The molecule has 0 bridgehead atoms. The van der Waals surface area contributed by atoms with Crippen LogP contribution < -0.4 is 11.5 Å². The van der Waals surface area contributed by atoms with Crippen molar-refractivity contribution >= 4 is 23.4 Å². The summed E-state index contributed by atoms with van der Waals surface area (Å²) in [6.07, 6.45) is 3.98. The van der Waals surface area contributed by atoms with Gasteiger partial charge < -0.3 is 11.5 Å². The molecule has 6 nitrogen and oxygen atoms in total. The largest absolute Gasteiger partial charge is 0.369 e. The molecule has 0 aromatic rings. The van der Waals surface area contributed by atoms with Gasteiger partial charge in [0, 0.05) is 0 Å². The molecule has 2 amide bonds. The maximum atomic E-state index is 11.2. The Kier molecular flexibility index (Phi) is 8.43. The molecule has 114 valence electrons. The highest BCUT2D eigenvalue weighted by Crippen LogP contribution is 2.15. The van der Waals surface area contributed by atoms with Crippen molar-refractivity contribution in [2.45, 2.75) is 52.4 Å². The van der Waals surface area contributed by atoms with Crippen LogP contribution in [-0.4, -0.2) is 23.4 Å². The third kappa shape index (κ3) is 7.01. The van der Waals surface area contributed by atoms with Crippen molar-refractivity contribution in [3.8, 4) is 0 Å². The van der Waals surface area contributed by atoms with Crippen LogP contribution in [-0.2, 0) is 19.2 Å². The number of unbranched alkanes of at least 4 members (excludes halogenated alkanes) is 3. The summed E-state index contributed by atoms with van der Waals surface area (Å²) in [6, 6.07) is 0. The molecule has 0 aliphatic heterocycles. The zero-order valence-corrected chi connectivity index (χ0v) is 12.2. The van der Waals surface area contributed by atoms with Crippen LogP contribution in [0.1, 0.15) is 52.4 Å². The van der Waals surface area contributed by atoms with Crippen molar-refractivity contribution in [3.63, 3.8) is 0 Å². The quantitative estimate of drug-likeness (QED) is 0.428. The molecular weight excluding hydrogens is 260 g/mol. The summed E-state index contributed by atoms with van der Waals surface area (Å²) in [7, 11) is 0. The third-order valence-corrected chi connectivity index (χ3v) is 3.40. The number of ketones is 2. The monoisotopic (exact) mass is 284 g/mol. The van der Waals surface area contributed by atoms with Crippen LogP contribution in [0.25, 0.3) is 0 Å². The van der Waals surface area contributed by atoms with Gasteiger partial charge in [0.2, 0.25) is 11.8 Å². The molecule has 20 heavy (non-hydrogen) atoms. The predicted molar refractivity (Wildman–Crippen MR) is 74.4 cm³/mol. The minimum Gasteiger partial charge on any atom is -0.369 e. The Balaban J connectivity index is 3.87. The molecule has 0 fully saturated rings. The van der Waals surface area contributed by atoms with Gasteiger partial charge in [-0.1, -0.05) is 25.7 Å². The molecule has 0 aromatic carbocycles. The zero-order chi connectivity index (χ0) is 15.7. The van der Waals surface area contributed by atoms with Gasteiger partial charge in [-0.25, -0.2) is 0 Å². The lowest BCUT2D eigenvalue weighted by molar-refractivity contribution is -0.133. The summed E-state index contributed by atoms with van der Waals surface area (Å²) in [5.74, 6) is -2.98. The van der Waals surface area contributed by atoms with E-state index in [4.69, 9.17) is 11.5 Å². The lowest BCUT2D eigenvalue weighted by Gasteiger charge is -2.10. The highest BCUT2D eigenvalue weighted by molar-refractivity contribution is 5.99. The first-order chi connectivity index (χ1) is 9.27. The highest BCUT2D eigenvalue weighted by atomic mass is 16.2. The SMILES string of the molecule is CC(=O)C(CCCCCCC(C(C)=O)C(N)=O)C(N)=O. The Hall–Kier alpha value is -1.72. The van der Waals surface area contributed by atoms with E-state index in [-0.39, 0.29) is 11.6 Å². The van der Waals surface area contributed by atoms with Crippen molar-refractivity contribution in [1.29, 1.82) is 0 Å². The molecule has 0 aliphatic carbocycles. The first-order valence-corrected chi connectivity index (χ1v) is 6.87. The maximum absolute atomic E-state index is 11.2. The van der Waals surface area contributed by atoms with Crippen molar-refractivity contribution in [3.05, 3.63) is 0 Å². The second-order valence-electron chi connectivity index (χ2n) is 5.12. The molecule has 4 N–H and O–H groups in total. The summed E-state index contributed by atoms with van der Waals surface area (Å²) in [4.78, 5) is 44.3. The number of carbonyl (C=O) groups is 4. The van der Waals surface area contributed by atoms with E-state index in [1.54, 1.807) is 0 Å². The molecule has 6 heteroatoms. The van der Waals surface area contributed by atoms with Crippen LogP contribution in [0.15, 0.2) is 0 Å². The lowest BCUT2D eigenvalue weighted by Crippen LogP contribution is -2.29. The van der Waals surface area contributed by atoms with Crippen LogP contribution in [0.3, 0.4) is 0 Å². The average molecular weight is 284 g/mol. The summed E-state index contributed by atoms with van der Waals surface area (Å²) < 4.78 is 0.